The van der Waals surface area contributed by atoms with Gasteiger partial charge in [0.05, 0.1) is 12.0 Å². The summed E-state index contributed by atoms with van der Waals surface area (Å²) in [6, 6.07) is 36.2. The van der Waals surface area contributed by atoms with Crippen LogP contribution in [0.3, 0.4) is 0 Å². The first kappa shape index (κ1) is 32.9. The molecule has 0 amide bonds. The molecule has 4 rings (SSSR count). The van der Waals surface area contributed by atoms with E-state index in [0.29, 0.717) is 19.6 Å². The van der Waals surface area contributed by atoms with E-state index in [9.17, 15) is 0 Å². The first-order chi connectivity index (χ1) is 20.7. The lowest BCUT2D eigenvalue weighted by Crippen LogP contribution is -2.31. The fourth-order valence-electron chi connectivity index (χ4n) is 5.83. The van der Waals surface area contributed by atoms with Crippen LogP contribution in [0.1, 0.15) is 108 Å². The molecule has 0 saturated heterocycles. The van der Waals surface area contributed by atoms with Crippen molar-refractivity contribution in [2.75, 3.05) is 13.2 Å². The lowest BCUT2D eigenvalue weighted by atomic mass is 9.64. The summed E-state index contributed by atoms with van der Waals surface area (Å²) in [7, 11) is 0. The third-order valence-electron chi connectivity index (χ3n) is 8.57. The Labute approximate surface area is 265 Å². The van der Waals surface area contributed by atoms with Crippen molar-refractivity contribution in [3.63, 3.8) is 0 Å². The minimum atomic E-state index is -0.552. The molecule has 44 heavy (non-hydrogen) atoms. The number of azide groups is 1. The van der Waals surface area contributed by atoms with E-state index in [0.717, 1.165) is 5.75 Å². The Morgan fingerprint density at radius 2 is 0.795 bits per heavy atom. The van der Waals surface area contributed by atoms with Crippen LogP contribution in [0.4, 0.5) is 0 Å². The monoisotopic (exact) mass is 587 g/mol. The summed E-state index contributed by atoms with van der Waals surface area (Å²) >= 11 is 0. The van der Waals surface area contributed by atoms with Gasteiger partial charge < -0.3 is 4.74 Å². The Morgan fingerprint density at radius 1 is 0.500 bits per heavy atom. The zero-order valence-electron chi connectivity index (χ0n) is 28.1. The van der Waals surface area contributed by atoms with Gasteiger partial charge in [0.25, 0.3) is 0 Å². The van der Waals surface area contributed by atoms with Crippen LogP contribution >= 0.6 is 0 Å². The molecule has 0 aliphatic carbocycles. The quantitative estimate of drug-likeness (QED) is 0.0631. The maximum Gasteiger partial charge on any atom is 0.119 e. The van der Waals surface area contributed by atoms with Crippen LogP contribution in [0.25, 0.3) is 10.4 Å². The van der Waals surface area contributed by atoms with Gasteiger partial charge in [-0.1, -0.05) is 152 Å². The Hall–Kier alpha value is -4.01. The molecule has 0 fully saturated rings. The zero-order chi connectivity index (χ0) is 32.2. The number of rotatable bonds is 9. The number of benzene rings is 4. The van der Waals surface area contributed by atoms with E-state index < -0.39 is 5.41 Å². The highest BCUT2D eigenvalue weighted by atomic mass is 16.5. The van der Waals surface area contributed by atoms with E-state index in [4.69, 9.17) is 10.3 Å². The zero-order valence-corrected chi connectivity index (χ0v) is 28.1. The van der Waals surface area contributed by atoms with Crippen LogP contribution in [0.2, 0.25) is 0 Å². The van der Waals surface area contributed by atoms with Crippen LogP contribution in [0.5, 0.6) is 5.75 Å². The molecule has 0 atom stereocenters. The van der Waals surface area contributed by atoms with Crippen molar-refractivity contribution in [3.8, 4) is 5.75 Å². The summed E-state index contributed by atoms with van der Waals surface area (Å²) in [4.78, 5) is 2.83. The van der Waals surface area contributed by atoms with E-state index in [-0.39, 0.29) is 16.2 Å². The third-order valence-corrected chi connectivity index (χ3v) is 8.57. The Balaban J connectivity index is 1.95. The number of nitrogens with zero attached hydrogens (tertiary/aromatic N) is 3. The molecule has 0 unspecified atom stereocenters. The molecule has 0 aliphatic heterocycles. The minimum absolute atomic E-state index is 0.0570. The maximum absolute atomic E-state index is 8.55. The Bertz CT molecular complexity index is 1420. The maximum atomic E-state index is 8.55. The van der Waals surface area contributed by atoms with Crippen LogP contribution in [-0.4, -0.2) is 13.2 Å². The highest BCUT2D eigenvalue weighted by molar-refractivity contribution is 5.61. The average molecular weight is 588 g/mol. The van der Waals surface area contributed by atoms with Crippen LogP contribution in [0, 0.1) is 0 Å². The molecule has 0 aromatic heterocycles. The van der Waals surface area contributed by atoms with E-state index in [1.165, 1.54) is 38.9 Å². The van der Waals surface area contributed by atoms with Crippen molar-refractivity contribution in [3.05, 3.63) is 146 Å². The molecular weight excluding hydrogens is 538 g/mol. The summed E-state index contributed by atoms with van der Waals surface area (Å²) < 4.78 is 6.01. The van der Waals surface area contributed by atoms with Gasteiger partial charge in [-0.05, 0) is 79.3 Å². The van der Waals surface area contributed by atoms with E-state index in [1.807, 2.05) is 0 Å². The second-order valence-corrected chi connectivity index (χ2v) is 14.9. The SMILES string of the molecule is CC(C)(C)c1ccc(C(c2ccc(OCCCN=[N+]=[N-])cc2)(c2ccc(C(C)(C)C)cc2)c2ccc(C(C)(C)C)cc2)cc1. The predicted molar refractivity (Wildman–Crippen MR) is 185 cm³/mol. The van der Waals surface area contributed by atoms with E-state index in [2.05, 4.69) is 169 Å². The lowest BCUT2D eigenvalue weighted by molar-refractivity contribution is 0.313. The fraction of sp³-hybridized carbons (Fsp3) is 0.400. The number of hydrogen-bond acceptors (Lipinski definition) is 2. The Kier molecular flexibility index (Phi) is 9.66. The molecule has 4 aromatic rings. The van der Waals surface area contributed by atoms with Gasteiger partial charge in [-0.15, -0.1) is 0 Å². The van der Waals surface area contributed by atoms with Crippen LogP contribution in [-0.2, 0) is 21.7 Å². The highest BCUT2D eigenvalue weighted by Crippen LogP contribution is 2.47. The van der Waals surface area contributed by atoms with Crippen molar-refractivity contribution in [1.82, 2.24) is 0 Å². The average Bonchev–Trinajstić information content (AvgIpc) is 2.98. The van der Waals surface area contributed by atoms with Crippen molar-refractivity contribution < 1.29 is 4.74 Å². The fourth-order valence-corrected chi connectivity index (χ4v) is 5.83. The number of ether oxygens (including phenoxy) is 1. The van der Waals surface area contributed by atoms with Gasteiger partial charge in [-0.2, -0.15) is 0 Å². The summed E-state index contributed by atoms with van der Waals surface area (Å²) in [6.07, 6.45) is 0.677. The number of hydrogen-bond donors (Lipinski definition) is 0. The predicted octanol–water partition coefficient (Wildman–Crippen LogP) is 11.0. The summed E-state index contributed by atoms with van der Waals surface area (Å²) in [5.41, 5.74) is 16.9. The largest absolute Gasteiger partial charge is 0.494 e. The molecule has 0 aliphatic rings. The van der Waals surface area contributed by atoms with E-state index in [1.54, 1.807) is 0 Å². The molecule has 4 heteroatoms. The van der Waals surface area contributed by atoms with Gasteiger partial charge in [0.1, 0.15) is 5.75 Å². The normalized spacial score (nSPS) is 12.5. The summed E-state index contributed by atoms with van der Waals surface area (Å²) in [5, 5.41) is 3.61. The highest BCUT2D eigenvalue weighted by Gasteiger charge is 2.39. The smallest absolute Gasteiger partial charge is 0.119 e. The lowest BCUT2D eigenvalue weighted by Gasteiger charge is -2.38. The molecule has 230 valence electrons. The van der Waals surface area contributed by atoms with E-state index >= 15 is 0 Å². The van der Waals surface area contributed by atoms with Gasteiger partial charge in [-0.3, -0.25) is 0 Å². The topological polar surface area (TPSA) is 58.0 Å². The van der Waals surface area contributed by atoms with Crippen LogP contribution in [0.15, 0.2) is 102 Å². The van der Waals surface area contributed by atoms with Gasteiger partial charge in [-0.25, -0.2) is 0 Å². The second-order valence-electron chi connectivity index (χ2n) is 14.9. The van der Waals surface area contributed by atoms with Gasteiger partial charge in [0.2, 0.25) is 0 Å². The van der Waals surface area contributed by atoms with Crippen molar-refractivity contribution >= 4 is 0 Å². The van der Waals surface area contributed by atoms with Gasteiger partial charge in [0.15, 0.2) is 0 Å². The molecule has 4 nitrogen and oxygen atoms in total. The molecule has 0 saturated carbocycles. The molecule has 0 spiro atoms. The Morgan fingerprint density at radius 3 is 1.09 bits per heavy atom. The van der Waals surface area contributed by atoms with Crippen molar-refractivity contribution in [2.45, 2.75) is 90.4 Å². The second kappa shape index (κ2) is 12.9. The molecule has 0 heterocycles. The first-order valence-corrected chi connectivity index (χ1v) is 15.7. The van der Waals surface area contributed by atoms with Crippen molar-refractivity contribution in [2.24, 2.45) is 5.11 Å². The molecular formula is C40H49N3O. The molecule has 0 bridgehead atoms. The molecule has 4 aromatic carbocycles. The molecule has 0 radical (unpaired) electrons. The standard InChI is InChI=1S/C40H49N3O/c1-37(2,3)29-11-17-32(18-12-29)40(33-19-13-30(14-20-33)38(4,5)6,34-21-15-31(16-22-34)39(7,8)9)35-23-25-36(26-24-35)44-28-10-27-42-43-41/h11-26H,10,27-28H2,1-9H3. The van der Waals surface area contributed by atoms with Gasteiger partial charge in [0, 0.05) is 11.5 Å². The molecule has 0 N–H and O–H groups in total. The summed E-state index contributed by atoms with van der Waals surface area (Å²) in [5.74, 6) is 0.804. The van der Waals surface area contributed by atoms with Crippen LogP contribution < -0.4 is 4.74 Å². The van der Waals surface area contributed by atoms with Crippen molar-refractivity contribution in [1.29, 1.82) is 0 Å². The summed E-state index contributed by atoms with van der Waals surface area (Å²) in [6.45, 7) is 21.3. The first-order valence-electron chi connectivity index (χ1n) is 15.7. The minimum Gasteiger partial charge on any atom is -0.494 e. The third kappa shape index (κ3) is 7.20. The van der Waals surface area contributed by atoms with Gasteiger partial charge >= 0.3 is 0 Å².